The molecule has 0 bridgehead atoms. The third kappa shape index (κ3) is 3.09. The molecule has 0 aliphatic carbocycles. The molecule has 0 saturated heterocycles. The van der Waals surface area contributed by atoms with Crippen LogP contribution in [-0.4, -0.2) is 34.3 Å². The van der Waals surface area contributed by atoms with E-state index in [4.69, 9.17) is 9.84 Å². The van der Waals surface area contributed by atoms with Crippen molar-refractivity contribution in [3.05, 3.63) is 42.0 Å². The minimum Gasteiger partial charge on any atom is -0.497 e. The number of aromatic nitrogens is 2. The van der Waals surface area contributed by atoms with Gasteiger partial charge in [0.05, 0.1) is 18.4 Å². The summed E-state index contributed by atoms with van der Waals surface area (Å²) in [5.74, 6) is 0.596. The standard InChI is InChI=1S/C14H17N3O3/c1-17-8-7-16-13(17)5-6-15-12-9-10(20-2)3-4-11(12)14(18)19/h3-4,7-9,15H,5-6H2,1-2H3,(H,18,19). The summed E-state index contributed by atoms with van der Waals surface area (Å²) in [5.41, 5.74) is 0.775. The van der Waals surface area contributed by atoms with E-state index in [1.807, 2.05) is 17.8 Å². The Labute approximate surface area is 117 Å². The lowest BCUT2D eigenvalue weighted by Gasteiger charge is -2.11. The predicted octanol–water partition coefficient (Wildman–Crippen LogP) is 1.78. The van der Waals surface area contributed by atoms with Crippen LogP contribution >= 0.6 is 0 Å². The molecule has 0 aliphatic heterocycles. The minimum absolute atomic E-state index is 0.227. The lowest BCUT2D eigenvalue weighted by molar-refractivity contribution is 0.0698. The van der Waals surface area contributed by atoms with E-state index >= 15 is 0 Å². The van der Waals surface area contributed by atoms with Gasteiger partial charge in [-0.1, -0.05) is 0 Å². The van der Waals surface area contributed by atoms with E-state index in [1.165, 1.54) is 6.07 Å². The van der Waals surface area contributed by atoms with Gasteiger partial charge in [0.25, 0.3) is 0 Å². The number of carbonyl (C=O) groups is 1. The highest BCUT2D eigenvalue weighted by Crippen LogP contribution is 2.22. The van der Waals surface area contributed by atoms with Gasteiger partial charge in [0.2, 0.25) is 0 Å². The number of hydrogen-bond acceptors (Lipinski definition) is 4. The van der Waals surface area contributed by atoms with Gasteiger partial charge in [0, 0.05) is 38.5 Å². The number of rotatable bonds is 6. The Morgan fingerprint density at radius 3 is 2.90 bits per heavy atom. The Balaban J connectivity index is 2.07. The zero-order chi connectivity index (χ0) is 14.5. The summed E-state index contributed by atoms with van der Waals surface area (Å²) in [6.45, 7) is 0.596. The number of nitrogens with one attached hydrogen (secondary N) is 1. The van der Waals surface area contributed by atoms with E-state index in [2.05, 4.69) is 10.3 Å². The largest absolute Gasteiger partial charge is 0.497 e. The Kier molecular flexibility index (Phi) is 4.24. The van der Waals surface area contributed by atoms with Crippen molar-refractivity contribution in [3.63, 3.8) is 0 Å². The first-order chi connectivity index (χ1) is 9.61. The van der Waals surface area contributed by atoms with Crippen LogP contribution in [0.5, 0.6) is 5.75 Å². The second-order valence-corrected chi connectivity index (χ2v) is 4.35. The SMILES string of the molecule is COc1ccc(C(=O)O)c(NCCc2nccn2C)c1. The zero-order valence-corrected chi connectivity index (χ0v) is 11.5. The van der Waals surface area contributed by atoms with E-state index in [0.29, 0.717) is 24.4 Å². The van der Waals surface area contributed by atoms with E-state index < -0.39 is 5.97 Å². The molecule has 1 heterocycles. The average molecular weight is 275 g/mol. The van der Waals surface area contributed by atoms with Crippen molar-refractivity contribution < 1.29 is 14.6 Å². The molecule has 1 aromatic heterocycles. The summed E-state index contributed by atoms with van der Waals surface area (Å²) in [6.07, 6.45) is 4.33. The first kappa shape index (κ1) is 13.9. The molecule has 0 fully saturated rings. The number of aryl methyl sites for hydroxylation is 1. The van der Waals surface area contributed by atoms with Crippen LogP contribution in [0.25, 0.3) is 0 Å². The van der Waals surface area contributed by atoms with E-state index in [9.17, 15) is 4.79 Å². The lowest BCUT2D eigenvalue weighted by Crippen LogP contribution is -2.11. The van der Waals surface area contributed by atoms with E-state index in [0.717, 1.165) is 5.82 Å². The van der Waals surface area contributed by atoms with Crippen molar-refractivity contribution >= 4 is 11.7 Å². The number of nitrogens with zero attached hydrogens (tertiary/aromatic N) is 2. The van der Waals surface area contributed by atoms with Crippen LogP contribution in [0.1, 0.15) is 16.2 Å². The molecule has 0 radical (unpaired) electrons. The van der Waals surface area contributed by atoms with Crippen molar-refractivity contribution in [2.45, 2.75) is 6.42 Å². The van der Waals surface area contributed by atoms with Gasteiger partial charge in [-0.3, -0.25) is 0 Å². The van der Waals surface area contributed by atoms with Gasteiger partial charge in [-0.05, 0) is 12.1 Å². The Morgan fingerprint density at radius 1 is 1.50 bits per heavy atom. The predicted molar refractivity (Wildman–Crippen MR) is 75.4 cm³/mol. The van der Waals surface area contributed by atoms with Crippen molar-refractivity contribution in [1.29, 1.82) is 0 Å². The fraction of sp³-hybridized carbons (Fsp3) is 0.286. The first-order valence-electron chi connectivity index (χ1n) is 6.23. The molecule has 106 valence electrons. The Hall–Kier alpha value is -2.50. The molecule has 0 atom stereocenters. The number of methoxy groups -OCH3 is 1. The lowest BCUT2D eigenvalue weighted by atomic mass is 10.1. The third-order valence-electron chi connectivity index (χ3n) is 3.04. The molecular formula is C14H17N3O3. The van der Waals surface area contributed by atoms with Crippen molar-refractivity contribution in [1.82, 2.24) is 9.55 Å². The van der Waals surface area contributed by atoms with Gasteiger partial charge in [0.15, 0.2) is 0 Å². The van der Waals surface area contributed by atoms with Crippen LogP contribution in [0.2, 0.25) is 0 Å². The molecule has 0 spiro atoms. The van der Waals surface area contributed by atoms with Crippen LogP contribution in [0.3, 0.4) is 0 Å². The van der Waals surface area contributed by atoms with Gasteiger partial charge < -0.3 is 19.7 Å². The second kappa shape index (κ2) is 6.10. The number of aromatic carboxylic acids is 1. The molecule has 0 amide bonds. The summed E-state index contributed by atoms with van der Waals surface area (Å²) in [4.78, 5) is 15.4. The highest BCUT2D eigenvalue weighted by atomic mass is 16.5. The summed E-state index contributed by atoms with van der Waals surface area (Å²) in [6, 6.07) is 4.85. The summed E-state index contributed by atoms with van der Waals surface area (Å²) >= 11 is 0. The van der Waals surface area contributed by atoms with Crippen LogP contribution < -0.4 is 10.1 Å². The third-order valence-corrected chi connectivity index (χ3v) is 3.04. The number of carboxylic acids is 1. The number of hydrogen-bond donors (Lipinski definition) is 2. The smallest absolute Gasteiger partial charge is 0.337 e. The number of ether oxygens (including phenoxy) is 1. The highest BCUT2D eigenvalue weighted by molar-refractivity contribution is 5.94. The van der Waals surface area contributed by atoms with Gasteiger partial charge in [-0.2, -0.15) is 0 Å². The Morgan fingerprint density at radius 2 is 2.30 bits per heavy atom. The summed E-state index contributed by atoms with van der Waals surface area (Å²) < 4.78 is 7.05. The van der Waals surface area contributed by atoms with Crippen molar-refractivity contribution in [3.8, 4) is 5.75 Å². The van der Waals surface area contributed by atoms with Crippen LogP contribution in [0, 0.1) is 0 Å². The maximum absolute atomic E-state index is 11.2. The van der Waals surface area contributed by atoms with Crippen LogP contribution in [0.4, 0.5) is 5.69 Å². The normalized spacial score (nSPS) is 10.3. The van der Waals surface area contributed by atoms with Crippen molar-refractivity contribution in [2.24, 2.45) is 7.05 Å². The average Bonchev–Trinajstić information content (AvgIpc) is 2.84. The van der Waals surface area contributed by atoms with E-state index in [-0.39, 0.29) is 5.56 Å². The van der Waals surface area contributed by atoms with Gasteiger partial charge >= 0.3 is 5.97 Å². The molecule has 0 unspecified atom stereocenters. The second-order valence-electron chi connectivity index (χ2n) is 4.35. The molecule has 2 aromatic rings. The number of benzene rings is 1. The molecule has 2 rings (SSSR count). The summed E-state index contributed by atoms with van der Waals surface area (Å²) in [5, 5.41) is 12.3. The van der Waals surface area contributed by atoms with Gasteiger partial charge in [-0.25, -0.2) is 9.78 Å². The number of carboxylic acid groups (broad SMARTS) is 1. The fourth-order valence-corrected chi connectivity index (χ4v) is 1.93. The monoisotopic (exact) mass is 275 g/mol. The molecule has 0 aliphatic rings. The van der Waals surface area contributed by atoms with Crippen molar-refractivity contribution in [2.75, 3.05) is 19.0 Å². The molecule has 6 heteroatoms. The quantitative estimate of drug-likeness (QED) is 0.840. The first-order valence-corrected chi connectivity index (χ1v) is 6.23. The topological polar surface area (TPSA) is 76.4 Å². The summed E-state index contributed by atoms with van der Waals surface area (Å²) in [7, 11) is 3.48. The maximum atomic E-state index is 11.2. The van der Waals surface area contributed by atoms with Gasteiger partial charge in [0.1, 0.15) is 11.6 Å². The maximum Gasteiger partial charge on any atom is 0.337 e. The van der Waals surface area contributed by atoms with Gasteiger partial charge in [-0.15, -0.1) is 0 Å². The molecule has 1 aromatic carbocycles. The minimum atomic E-state index is -0.966. The number of anilines is 1. The fourth-order valence-electron chi connectivity index (χ4n) is 1.93. The van der Waals surface area contributed by atoms with E-state index in [1.54, 1.807) is 25.4 Å². The molecule has 0 saturated carbocycles. The molecule has 6 nitrogen and oxygen atoms in total. The molecular weight excluding hydrogens is 258 g/mol. The zero-order valence-electron chi connectivity index (χ0n) is 11.5. The highest BCUT2D eigenvalue weighted by Gasteiger charge is 2.11. The van der Waals surface area contributed by atoms with Crippen LogP contribution in [0.15, 0.2) is 30.6 Å². The Bertz CT molecular complexity index is 607. The molecule has 2 N–H and O–H groups in total. The van der Waals surface area contributed by atoms with Crippen LogP contribution in [-0.2, 0) is 13.5 Å². The molecule has 20 heavy (non-hydrogen) atoms. The number of imidazole rings is 1.